The zero-order chi connectivity index (χ0) is 14.8. The van der Waals surface area contributed by atoms with Gasteiger partial charge in [-0.15, -0.1) is 0 Å². The molecule has 1 heterocycles. The van der Waals surface area contributed by atoms with Gasteiger partial charge in [-0.05, 0) is 48.4 Å². The van der Waals surface area contributed by atoms with Crippen molar-refractivity contribution in [2.75, 3.05) is 0 Å². The van der Waals surface area contributed by atoms with E-state index >= 15 is 0 Å². The third-order valence-electron chi connectivity index (χ3n) is 3.58. The van der Waals surface area contributed by atoms with Gasteiger partial charge >= 0.3 is 0 Å². The van der Waals surface area contributed by atoms with Gasteiger partial charge in [0.05, 0.1) is 11.6 Å². The summed E-state index contributed by atoms with van der Waals surface area (Å²) < 4.78 is 12.9. The summed E-state index contributed by atoms with van der Waals surface area (Å²) in [6.45, 7) is 1.96. The Kier molecular flexibility index (Phi) is 3.67. The molecule has 2 aromatic carbocycles. The van der Waals surface area contributed by atoms with Gasteiger partial charge in [-0.25, -0.2) is 4.39 Å². The van der Waals surface area contributed by atoms with Gasteiger partial charge in [0.25, 0.3) is 0 Å². The summed E-state index contributed by atoms with van der Waals surface area (Å²) in [5.74, 6) is -0.264. The van der Waals surface area contributed by atoms with E-state index in [0.717, 1.165) is 27.7 Å². The summed E-state index contributed by atoms with van der Waals surface area (Å²) in [6.07, 6.45) is -0.147. The largest absolute Gasteiger partial charge is 0.388 e. The summed E-state index contributed by atoms with van der Waals surface area (Å²) in [5, 5.41) is 11.4. The first-order valence-electron chi connectivity index (χ1n) is 6.91. The van der Waals surface area contributed by atoms with Crippen LogP contribution in [0.25, 0.3) is 10.9 Å². The Balaban J connectivity index is 1.85. The highest BCUT2D eigenvalue weighted by molar-refractivity contribution is 5.79. The minimum atomic E-state index is -0.610. The first-order chi connectivity index (χ1) is 10.1. The minimum Gasteiger partial charge on any atom is -0.388 e. The van der Waals surface area contributed by atoms with E-state index in [1.165, 1.54) is 12.1 Å². The number of hydrogen-bond acceptors (Lipinski definition) is 2. The third kappa shape index (κ3) is 3.09. The minimum absolute atomic E-state index is 0.264. The van der Waals surface area contributed by atoms with Crippen LogP contribution in [0.3, 0.4) is 0 Å². The van der Waals surface area contributed by atoms with Crippen LogP contribution in [0.4, 0.5) is 4.39 Å². The summed E-state index contributed by atoms with van der Waals surface area (Å²) in [7, 11) is 0. The number of rotatable bonds is 3. The second-order valence-electron chi connectivity index (χ2n) is 5.25. The maximum absolute atomic E-state index is 12.9. The van der Waals surface area contributed by atoms with Crippen LogP contribution in [0, 0.1) is 12.7 Å². The fourth-order valence-electron chi connectivity index (χ4n) is 2.41. The number of halogens is 1. The highest BCUT2D eigenvalue weighted by Gasteiger charge is 2.10. The van der Waals surface area contributed by atoms with Crippen LogP contribution in [-0.2, 0) is 6.42 Å². The Morgan fingerprint density at radius 2 is 1.81 bits per heavy atom. The summed E-state index contributed by atoms with van der Waals surface area (Å²) in [6, 6.07) is 16.0. The Bertz CT molecular complexity index is 768. The number of benzene rings is 2. The van der Waals surface area contributed by atoms with Gasteiger partial charge < -0.3 is 5.11 Å². The summed E-state index contributed by atoms with van der Waals surface area (Å²) in [5.41, 5.74) is 3.65. The van der Waals surface area contributed by atoms with Crippen molar-refractivity contribution in [2.45, 2.75) is 19.4 Å². The summed E-state index contributed by atoms with van der Waals surface area (Å²) in [4.78, 5) is 4.45. The third-order valence-corrected chi connectivity index (χ3v) is 3.58. The second kappa shape index (κ2) is 5.62. The zero-order valence-corrected chi connectivity index (χ0v) is 11.8. The van der Waals surface area contributed by atoms with E-state index in [2.05, 4.69) is 4.98 Å². The van der Waals surface area contributed by atoms with E-state index in [1.54, 1.807) is 12.1 Å². The van der Waals surface area contributed by atoms with E-state index in [-0.39, 0.29) is 5.82 Å². The molecule has 0 aliphatic carbocycles. The maximum atomic E-state index is 12.9. The Hall–Kier alpha value is -2.26. The smallest absolute Gasteiger partial charge is 0.123 e. The lowest BCUT2D eigenvalue weighted by Gasteiger charge is -2.12. The molecule has 3 heteroatoms. The molecule has 0 bridgehead atoms. The summed E-state index contributed by atoms with van der Waals surface area (Å²) >= 11 is 0. The van der Waals surface area contributed by atoms with E-state index in [9.17, 15) is 9.50 Å². The normalized spacial score (nSPS) is 12.5. The zero-order valence-electron chi connectivity index (χ0n) is 11.8. The van der Waals surface area contributed by atoms with Crippen molar-refractivity contribution in [3.8, 4) is 0 Å². The van der Waals surface area contributed by atoms with Crippen LogP contribution in [0.5, 0.6) is 0 Å². The van der Waals surface area contributed by atoms with Gasteiger partial charge in [-0.1, -0.05) is 24.3 Å². The molecule has 0 aliphatic heterocycles. The molecule has 0 radical (unpaired) electrons. The van der Waals surface area contributed by atoms with Crippen LogP contribution in [-0.4, -0.2) is 10.1 Å². The van der Waals surface area contributed by atoms with Gasteiger partial charge in [0.15, 0.2) is 0 Å². The monoisotopic (exact) mass is 281 g/mol. The average molecular weight is 281 g/mol. The average Bonchev–Trinajstić information content (AvgIpc) is 2.49. The van der Waals surface area contributed by atoms with Crippen molar-refractivity contribution in [1.29, 1.82) is 0 Å². The van der Waals surface area contributed by atoms with Gasteiger partial charge in [0.2, 0.25) is 0 Å². The van der Waals surface area contributed by atoms with Crippen LogP contribution >= 0.6 is 0 Å². The van der Waals surface area contributed by atoms with E-state index in [1.807, 2.05) is 37.3 Å². The SMILES string of the molecule is Cc1ccc2cc(C(O)Cc3ccc(F)cc3)ccc2n1. The number of nitrogens with zero attached hydrogens (tertiary/aromatic N) is 1. The fraction of sp³-hybridized carbons (Fsp3) is 0.167. The van der Waals surface area contributed by atoms with Crippen molar-refractivity contribution in [2.24, 2.45) is 0 Å². The predicted octanol–water partition coefficient (Wildman–Crippen LogP) is 3.96. The molecule has 2 nitrogen and oxygen atoms in total. The van der Waals surface area contributed by atoms with E-state index < -0.39 is 6.10 Å². The Labute approximate surface area is 122 Å². The van der Waals surface area contributed by atoms with Gasteiger partial charge in [-0.2, -0.15) is 0 Å². The molecule has 0 saturated carbocycles. The van der Waals surface area contributed by atoms with Gasteiger partial charge in [-0.3, -0.25) is 4.98 Å². The lowest BCUT2D eigenvalue weighted by molar-refractivity contribution is 0.178. The highest BCUT2D eigenvalue weighted by Crippen LogP contribution is 2.22. The molecular weight excluding hydrogens is 265 g/mol. The molecule has 0 spiro atoms. The molecule has 0 fully saturated rings. The molecule has 106 valence electrons. The molecule has 1 N–H and O–H groups in total. The van der Waals surface area contributed by atoms with E-state index in [4.69, 9.17) is 0 Å². The lowest BCUT2D eigenvalue weighted by Crippen LogP contribution is -2.02. The molecular formula is C18H16FNO. The van der Waals surface area contributed by atoms with Crippen LogP contribution in [0.1, 0.15) is 22.9 Å². The van der Waals surface area contributed by atoms with Crippen molar-refractivity contribution in [3.05, 3.63) is 77.2 Å². The van der Waals surface area contributed by atoms with Crippen molar-refractivity contribution in [3.63, 3.8) is 0 Å². The topological polar surface area (TPSA) is 33.1 Å². The van der Waals surface area contributed by atoms with Crippen LogP contribution < -0.4 is 0 Å². The standard InChI is InChI=1S/C18H16FNO/c1-12-2-5-14-11-15(6-9-17(14)20-12)18(21)10-13-3-7-16(19)8-4-13/h2-9,11,18,21H,10H2,1H3. The number of aliphatic hydroxyl groups is 1. The van der Waals surface area contributed by atoms with E-state index in [0.29, 0.717) is 6.42 Å². The number of aryl methyl sites for hydroxylation is 1. The second-order valence-corrected chi connectivity index (χ2v) is 5.25. The fourth-order valence-corrected chi connectivity index (χ4v) is 2.41. The molecule has 0 amide bonds. The molecule has 1 unspecified atom stereocenters. The van der Waals surface area contributed by atoms with Gasteiger partial charge in [0.1, 0.15) is 5.82 Å². The first-order valence-corrected chi connectivity index (χ1v) is 6.91. The van der Waals surface area contributed by atoms with Crippen LogP contribution in [0.2, 0.25) is 0 Å². The first kappa shape index (κ1) is 13.7. The highest BCUT2D eigenvalue weighted by atomic mass is 19.1. The molecule has 3 aromatic rings. The molecule has 0 aliphatic rings. The maximum Gasteiger partial charge on any atom is 0.123 e. The number of fused-ring (bicyclic) bond motifs is 1. The Morgan fingerprint density at radius 1 is 1.05 bits per heavy atom. The molecule has 1 aromatic heterocycles. The predicted molar refractivity (Wildman–Crippen MR) is 81.5 cm³/mol. The molecule has 1 atom stereocenters. The molecule has 21 heavy (non-hydrogen) atoms. The molecule has 3 rings (SSSR count). The van der Waals surface area contributed by atoms with Crippen molar-refractivity contribution >= 4 is 10.9 Å². The number of aromatic nitrogens is 1. The van der Waals surface area contributed by atoms with Crippen molar-refractivity contribution in [1.82, 2.24) is 4.98 Å². The Morgan fingerprint density at radius 3 is 2.57 bits per heavy atom. The van der Waals surface area contributed by atoms with Gasteiger partial charge in [0, 0.05) is 17.5 Å². The number of hydrogen-bond donors (Lipinski definition) is 1. The van der Waals surface area contributed by atoms with Crippen LogP contribution in [0.15, 0.2) is 54.6 Å². The number of pyridine rings is 1. The van der Waals surface area contributed by atoms with Crippen molar-refractivity contribution < 1.29 is 9.50 Å². The lowest BCUT2D eigenvalue weighted by atomic mass is 10.00. The number of aliphatic hydroxyl groups excluding tert-OH is 1. The molecule has 0 saturated heterocycles. The quantitative estimate of drug-likeness (QED) is 0.788.